The highest BCUT2D eigenvalue weighted by atomic mass is 32.1. The summed E-state index contributed by atoms with van der Waals surface area (Å²) in [5.41, 5.74) is 8.89. The molecule has 2 rings (SSSR count). The van der Waals surface area contributed by atoms with Gasteiger partial charge >= 0.3 is 5.97 Å². The first-order valence-electron chi connectivity index (χ1n) is 5.76. The molecule has 1 aromatic heterocycles. The van der Waals surface area contributed by atoms with E-state index in [1.165, 1.54) is 16.9 Å². The molecule has 0 radical (unpaired) electrons. The van der Waals surface area contributed by atoms with Gasteiger partial charge in [0.25, 0.3) is 0 Å². The van der Waals surface area contributed by atoms with Gasteiger partial charge in [0.2, 0.25) is 0 Å². The van der Waals surface area contributed by atoms with Gasteiger partial charge in [-0.25, -0.2) is 4.79 Å². The molecule has 0 amide bonds. The van der Waals surface area contributed by atoms with Crippen LogP contribution in [0.2, 0.25) is 0 Å². The first-order valence-corrected chi connectivity index (χ1v) is 6.57. The molecular weight excluding hydrogens is 246 g/mol. The third kappa shape index (κ3) is 2.11. The zero-order valence-electron chi connectivity index (χ0n) is 10.4. The lowest BCUT2D eigenvalue weighted by molar-refractivity contribution is 0.0699. The van der Waals surface area contributed by atoms with Crippen molar-refractivity contribution in [1.82, 2.24) is 0 Å². The van der Waals surface area contributed by atoms with E-state index in [2.05, 4.69) is 6.92 Å². The van der Waals surface area contributed by atoms with E-state index in [9.17, 15) is 9.90 Å². The molecule has 0 aliphatic carbocycles. The second kappa shape index (κ2) is 4.82. The molecule has 2 aromatic rings. The second-order valence-electron chi connectivity index (χ2n) is 4.13. The molecule has 3 N–H and O–H groups in total. The summed E-state index contributed by atoms with van der Waals surface area (Å²) in [5.74, 6) is -0.966. The number of thiophene rings is 1. The van der Waals surface area contributed by atoms with Crippen molar-refractivity contribution in [2.24, 2.45) is 0 Å². The lowest BCUT2D eigenvalue weighted by atomic mass is 10.00. The van der Waals surface area contributed by atoms with E-state index in [-0.39, 0.29) is 5.56 Å². The van der Waals surface area contributed by atoms with Gasteiger partial charge < -0.3 is 10.8 Å². The lowest BCUT2D eigenvalue weighted by Gasteiger charge is -2.05. The summed E-state index contributed by atoms with van der Waals surface area (Å²) in [6.45, 7) is 3.99. The molecule has 4 heteroatoms. The van der Waals surface area contributed by atoms with Crippen LogP contribution >= 0.6 is 11.3 Å². The second-order valence-corrected chi connectivity index (χ2v) is 5.38. The van der Waals surface area contributed by atoms with Crippen molar-refractivity contribution in [2.45, 2.75) is 20.3 Å². The fourth-order valence-corrected chi connectivity index (χ4v) is 2.98. The zero-order chi connectivity index (χ0) is 13.3. The molecule has 0 bridgehead atoms. The average Bonchev–Trinajstić information content (AvgIpc) is 2.64. The van der Waals surface area contributed by atoms with Crippen molar-refractivity contribution in [3.05, 3.63) is 40.3 Å². The number of carboxylic acid groups (broad SMARTS) is 1. The minimum atomic E-state index is -0.966. The molecule has 0 aliphatic rings. The monoisotopic (exact) mass is 261 g/mol. The number of hydrogen-bond acceptors (Lipinski definition) is 3. The van der Waals surface area contributed by atoms with E-state index in [4.69, 9.17) is 5.73 Å². The number of anilines is 1. The maximum atomic E-state index is 11.3. The van der Waals surface area contributed by atoms with Crippen LogP contribution in [-0.2, 0) is 6.42 Å². The summed E-state index contributed by atoms with van der Waals surface area (Å²) < 4.78 is 0. The molecule has 0 spiro atoms. The third-order valence-corrected chi connectivity index (χ3v) is 3.91. The Morgan fingerprint density at radius 1 is 1.33 bits per heavy atom. The minimum Gasteiger partial charge on any atom is -0.478 e. The molecule has 18 heavy (non-hydrogen) atoms. The lowest BCUT2D eigenvalue weighted by Crippen LogP contribution is -2.00. The minimum absolute atomic E-state index is 0.224. The highest BCUT2D eigenvalue weighted by Gasteiger charge is 2.20. The molecule has 94 valence electrons. The van der Waals surface area contributed by atoms with Crippen molar-refractivity contribution in [3.63, 3.8) is 0 Å². The predicted octanol–water partition coefficient (Wildman–Crippen LogP) is 3.57. The van der Waals surface area contributed by atoms with Gasteiger partial charge in [-0.2, -0.15) is 0 Å². The summed E-state index contributed by atoms with van der Waals surface area (Å²) in [7, 11) is 0. The number of nitrogen functional groups attached to an aromatic ring is 1. The number of benzene rings is 1. The number of rotatable bonds is 3. The van der Waals surface area contributed by atoms with Gasteiger partial charge in [0, 0.05) is 10.4 Å². The quantitative estimate of drug-likeness (QED) is 0.887. The molecule has 1 heterocycles. The number of hydrogen-bond donors (Lipinski definition) is 2. The molecular formula is C14H15NO2S. The molecule has 1 aromatic carbocycles. The maximum absolute atomic E-state index is 11.3. The number of aromatic carboxylic acids is 1. The summed E-state index contributed by atoms with van der Waals surface area (Å²) >= 11 is 1.33. The Kier molecular flexibility index (Phi) is 3.39. The smallest absolute Gasteiger partial charge is 0.339 e. The van der Waals surface area contributed by atoms with E-state index in [0.717, 1.165) is 22.4 Å². The van der Waals surface area contributed by atoms with Gasteiger partial charge in [0.05, 0.1) is 0 Å². The first kappa shape index (κ1) is 12.6. The number of carbonyl (C=O) groups is 1. The van der Waals surface area contributed by atoms with Crippen LogP contribution in [0, 0.1) is 6.92 Å². The van der Waals surface area contributed by atoms with Crippen molar-refractivity contribution in [2.75, 3.05) is 5.73 Å². The summed E-state index contributed by atoms with van der Waals surface area (Å²) in [4.78, 5) is 12.2. The Morgan fingerprint density at radius 2 is 1.94 bits per heavy atom. The highest BCUT2D eigenvalue weighted by Crippen LogP contribution is 2.38. The van der Waals surface area contributed by atoms with Crippen LogP contribution in [0.15, 0.2) is 24.3 Å². The molecule has 0 aliphatic heterocycles. The van der Waals surface area contributed by atoms with Crippen LogP contribution < -0.4 is 5.73 Å². The van der Waals surface area contributed by atoms with Crippen LogP contribution in [0.1, 0.15) is 27.7 Å². The van der Waals surface area contributed by atoms with Gasteiger partial charge in [0.1, 0.15) is 10.6 Å². The third-order valence-electron chi connectivity index (χ3n) is 2.98. The summed E-state index contributed by atoms with van der Waals surface area (Å²) in [6.07, 6.45) is 0.969. The molecule has 3 nitrogen and oxygen atoms in total. The molecule has 0 saturated heterocycles. The van der Waals surface area contributed by atoms with Gasteiger partial charge in [-0.05, 0) is 24.5 Å². The Balaban J connectivity index is 2.59. The van der Waals surface area contributed by atoms with Crippen LogP contribution in [-0.4, -0.2) is 11.1 Å². The Labute approximate surface area is 110 Å². The van der Waals surface area contributed by atoms with Crippen molar-refractivity contribution in [1.29, 1.82) is 0 Å². The van der Waals surface area contributed by atoms with Crippen molar-refractivity contribution < 1.29 is 9.90 Å². The first-order chi connectivity index (χ1) is 8.54. The topological polar surface area (TPSA) is 63.3 Å². The van der Waals surface area contributed by atoms with E-state index >= 15 is 0 Å². The van der Waals surface area contributed by atoms with Gasteiger partial charge in [-0.3, -0.25) is 0 Å². The zero-order valence-corrected chi connectivity index (χ0v) is 11.2. The number of aryl methyl sites for hydroxylation is 2. The summed E-state index contributed by atoms with van der Waals surface area (Å²) in [5, 5.41) is 9.62. The van der Waals surface area contributed by atoms with Crippen molar-refractivity contribution >= 4 is 22.3 Å². The van der Waals surface area contributed by atoms with Gasteiger partial charge in [-0.15, -0.1) is 11.3 Å². The molecule has 0 fully saturated rings. The van der Waals surface area contributed by atoms with Crippen LogP contribution in [0.4, 0.5) is 5.00 Å². The molecule has 0 unspecified atom stereocenters. The fraction of sp³-hybridized carbons (Fsp3) is 0.214. The Morgan fingerprint density at radius 3 is 2.44 bits per heavy atom. The largest absolute Gasteiger partial charge is 0.478 e. The van der Waals surface area contributed by atoms with Gasteiger partial charge in [-0.1, -0.05) is 31.2 Å². The van der Waals surface area contributed by atoms with E-state index in [0.29, 0.717) is 5.00 Å². The SMILES string of the molecule is CCc1ccc(-c2c(C)sc(N)c2C(=O)O)cc1. The molecule has 0 saturated carbocycles. The van der Waals surface area contributed by atoms with Crippen LogP contribution in [0.5, 0.6) is 0 Å². The van der Waals surface area contributed by atoms with E-state index in [1.54, 1.807) is 0 Å². The van der Waals surface area contributed by atoms with Gasteiger partial charge in [0.15, 0.2) is 0 Å². The van der Waals surface area contributed by atoms with E-state index < -0.39 is 5.97 Å². The summed E-state index contributed by atoms with van der Waals surface area (Å²) in [6, 6.07) is 7.96. The van der Waals surface area contributed by atoms with Crippen LogP contribution in [0.25, 0.3) is 11.1 Å². The van der Waals surface area contributed by atoms with Crippen LogP contribution in [0.3, 0.4) is 0 Å². The average molecular weight is 261 g/mol. The Bertz CT molecular complexity index is 585. The van der Waals surface area contributed by atoms with E-state index in [1.807, 2.05) is 31.2 Å². The highest BCUT2D eigenvalue weighted by molar-refractivity contribution is 7.16. The van der Waals surface area contributed by atoms with Crippen molar-refractivity contribution in [3.8, 4) is 11.1 Å². The number of carboxylic acids is 1. The maximum Gasteiger partial charge on any atom is 0.339 e. The Hall–Kier alpha value is -1.81. The predicted molar refractivity (Wildman–Crippen MR) is 75.2 cm³/mol. The fourth-order valence-electron chi connectivity index (χ4n) is 2.03. The molecule has 0 atom stereocenters. The normalized spacial score (nSPS) is 10.6. The number of nitrogens with two attached hydrogens (primary N) is 1. The standard InChI is InChI=1S/C14H15NO2S/c1-3-9-4-6-10(7-5-9)11-8(2)18-13(15)12(11)14(16)17/h4-7H,3,15H2,1-2H3,(H,16,17).